The van der Waals surface area contributed by atoms with Crippen LogP contribution in [0.2, 0.25) is 0 Å². The van der Waals surface area contributed by atoms with Gasteiger partial charge in [-0.1, -0.05) is 32.9 Å². The fourth-order valence-corrected chi connectivity index (χ4v) is 6.78. The van der Waals surface area contributed by atoms with Crippen LogP contribution >= 0.6 is 0 Å². The zero-order valence-corrected chi connectivity index (χ0v) is 16.6. The van der Waals surface area contributed by atoms with E-state index in [0.717, 1.165) is 38.3 Å². The van der Waals surface area contributed by atoms with E-state index in [1.165, 1.54) is 31.3 Å². The molecule has 0 saturated heterocycles. The first kappa shape index (κ1) is 19.4. The van der Waals surface area contributed by atoms with Crippen LogP contribution in [0, 0.1) is 34.5 Å². The van der Waals surface area contributed by atoms with Crippen LogP contribution in [0.1, 0.15) is 65.7 Å². The van der Waals surface area contributed by atoms with Crippen molar-refractivity contribution in [3.05, 3.63) is 12.2 Å². The van der Waals surface area contributed by atoms with Crippen molar-refractivity contribution < 1.29 is 10.2 Å². The average Bonchev–Trinajstić information content (AvgIpc) is 2.90. The molecular weight excluding hydrogens is 310 g/mol. The molecule has 0 amide bonds. The lowest BCUT2D eigenvalue weighted by atomic mass is 9.49. The minimum Gasteiger partial charge on any atom is -0.396 e. The maximum atomic E-state index is 10.1. The van der Waals surface area contributed by atoms with Gasteiger partial charge in [0.15, 0.2) is 0 Å². The molecule has 7 atom stereocenters. The van der Waals surface area contributed by atoms with Crippen molar-refractivity contribution in [3.8, 4) is 0 Å². The summed E-state index contributed by atoms with van der Waals surface area (Å²) in [6.07, 6.45) is 7.46. The fraction of sp³-hybridized carbons (Fsp3) is 0.909. The maximum absolute atomic E-state index is 10.1. The zero-order valence-electron chi connectivity index (χ0n) is 16.6. The van der Waals surface area contributed by atoms with Gasteiger partial charge in [0.2, 0.25) is 0 Å². The van der Waals surface area contributed by atoms with Gasteiger partial charge in [-0.2, -0.15) is 0 Å². The third kappa shape index (κ3) is 3.21. The maximum Gasteiger partial charge on any atom is 0.0544 e. The molecule has 3 fully saturated rings. The Morgan fingerprint density at radius 2 is 1.92 bits per heavy atom. The first-order chi connectivity index (χ1) is 11.9. The van der Waals surface area contributed by atoms with Gasteiger partial charge in [0.05, 0.1) is 6.10 Å². The molecule has 3 heteroatoms. The number of hydrogen-bond acceptors (Lipinski definition) is 3. The Morgan fingerprint density at radius 1 is 1.16 bits per heavy atom. The van der Waals surface area contributed by atoms with Crippen LogP contribution in [0.25, 0.3) is 0 Å². The van der Waals surface area contributed by atoms with Gasteiger partial charge in [0.1, 0.15) is 0 Å². The summed E-state index contributed by atoms with van der Waals surface area (Å²) in [6, 6.07) is 0. The van der Waals surface area contributed by atoms with Gasteiger partial charge in [0, 0.05) is 6.61 Å². The molecule has 3 aliphatic rings. The molecule has 3 N–H and O–H groups in total. The van der Waals surface area contributed by atoms with Gasteiger partial charge in [-0.3, -0.25) is 0 Å². The second-order valence-corrected chi connectivity index (χ2v) is 9.60. The quantitative estimate of drug-likeness (QED) is 0.663. The van der Waals surface area contributed by atoms with E-state index in [-0.39, 0.29) is 24.0 Å². The number of aliphatic hydroxyl groups is 2. The zero-order chi connectivity index (χ0) is 18.2. The summed E-state index contributed by atoms with van der Waals surface area (Å²) in [7, 11) is 0. The fourth-order valence-electron chi connectivity index (χ4n) is 6.78. The highest BCUT2D eigenvalue weighted by Crippen LogP contribution is 2.63. The molecule has 0 aromatic carbocycles. The number of hydrogen-bond donors (Lipinski definition) is 3. The Morgan fingerprint density at radius 3 is 2.60 bits per heavy atom. The molecule has 3 nitrogen and oxygen atoms in total. The molecule has 144 valence electrons. The second kappa shape index (κ2) is 7.32. The highest BCUT2D eigenvalue weighted by Gasteiger charge is 2.56. The molecule has 7 unspecified atom stereocenters. The largest absolute Gasteiger partial charge is 0.396 e. The molecule has 0 heterocycles. The summed E-state index contributed by atoms with van der Waals surface area (Å²) in [5.41, 5.74) is 1.94. The third-order valence-corrected chi connectivity index (χ3v) is 8.59. The Labute approximate surface area is 154 Å². The average molecular weight is 350 g/mol. The second-order valence-electron chi connectivity index (χ2n) is 9.60. The van der Waals surface area contributed by atoms with E-state index in [1.807, 2.05) is 0 Å². The molecule has 0 aromatic heterocycles. The van der Waals surface area contributed by atoms with Gasteiger partial charge in [-0.05, 0) is 92.5 Å². The molecule has 3 saturated carbocycles. The topological polar surface area (TPSA) is 52.5 Å². The minimum atomic E-state index is -0.224. The van der Waals surface area contributed by atoms with Crippen molar-refractivity contribution in [2.45, 2.75) is 71.8 Å². The van der Waals surface area contributed by atoms with Gasteiger partial charge < -0.3 is 15.5 Å². The van der Waals surface area contributed by atoms with Crippen LogP contribution in [0.15, 0.2) is 12.2 Å². The predicted octanol–water partition coefficient (Wildman–Crippen LogP) is 3.75. The highest BCUT2D eigenvalue weighted by molar-refractivity contribution is 5.21. The summed E-state index contributed by atoms with van der Waals surface area (Å²) in [5, 5.41) is 23.9. The van der Waals surface area contributed by atoms with Crippen LogP contribution < -0.4 is 5.32 Å². The first-order valence-corrected chi connectivity index (χ1v) is 10.5. The summed E-state index contributed by atoms with van der Waals surface area (Å²) < 4.78 is 0. The number of aliphatic hydroxyl groups excluding tert-OH is 2. The standard InChI is InChI=1S/C22H39NO2/c1-5-23-13-18-19-7-6-15(2)21(19,3)11-9-20(18)22(4)10-8-17(25)12-16(22)14-24/h16-20,23-25H,2,5-14H2,1,3-4H3. The Balaban J connectivity index is 1.89. The molecule has 3 aliphatic carbocycles. The van der Waals surface area contributed by atoms with E-state index in [2.05, 4.69) is 32.7 Å². The lowest BCUT2D eigenvalue weighted by Crippen LogP contribution is -2.53. The molecule has 0 radical (unpaired) electrons. The first-order valence-electron chi connectivity index (χ1n) is 10.5. The van der Waals surface area contributed by atoms with Gasteiger partial charge in [0.25, 0.3) is 0 Å². The van der Waals surface area contributed by atoms with E-state index in [9.17, 15) is 10.2 Å². The Kier molecular flexibility index (Phi) is 5.68. The molecular formula is C22H39NO2. The van der Waals surface area contributed by atoms with Crippen molar-refractivity contribution >= 4 is 0 Å². The van der Waals surface area contributed by atoms with Gasteiger partial charge in [-0.25, -0.2) is 0 Å². The Hall–Kier alpha value is -0.380. The van der Waals surface area contributed by atoms with Crippen LogP contribution in [-0.2, 0) is 0 Å². The van der Waals surface area contributed by atoms with Crippen LogP contribution in [-0.4, -0.2) is 36.0 Å². The van der Waals surface area contributed by atoms with Gasteiger partial charge >= 0.3 is 0 Å². The summed E-state index contributed by atoms with van der Waals surface area (Å²) in [6.45, 7) is 13.8. The number of nitrogens with one attached hydrogen (secondary N) is 1. The van der Waals surface area contributed by atoms with E-state index in [0.29, 0.717) is 17.3 Å². The van der Waals surface area contributed by atoms with Crippen molar-refractivity contribution in [2.24, 2.45) is 34.5 Å². The highest BCUT2D eigenvalue weighted by atomic mass is 16.3. The SMILES string of the molecule is C=C1CCC2C(CNCC)C(C3(C)CCC(O)CC3CO)CCC12C. The predicted molar refractivity (Wildman–Crippen MR) is 103 cm³/mol. The van der Waals surface area contributed by atoms with Crippen molar-refractivity contribution in [2.75, 3.05) is 19.7 Å². The summed E-state index contributed by atoms with van der Waals surface area (Å²) in [4.78, 5) is 0. The molecule has 0 aromatic rings. The van der Waals surface area contributed by atoms with E-state index in [1.54, 1.807) is 0 Å². The van der Waals surface area contributed by atoms with Gasteiger partial charge in [-0.15, -0.1) is 0 Å². The monoisotopic (exact) mass is 349 g/mol. The molecule has 3 rings (SSSR count). The molecule has 0 aliphatic heterocycles. The lowest BCUT2D eigenvalue weighted by molar-refractivity contribution is -0.0932. The number of allylic oxidation sites excluding steroid dienone is 1. The Bertz CT molecular complexity index is 492. The van der Waals surface area contributed by atoms with Crippen LogP contribution in [0.4, 0.5) is 0 Å². The minimum absolute atomic E-state index is 0.152. The normalized spacial score (nSPS) is 47.7. The van der Waals surface area contributed by atoms with E-state index in [4.69, 9.17) is 0 Å². The third-order valence-electron chi connectivity index (χ3n) is 8.59. The smallest absolute Gasteiger partial charge is 0.0544 e. The van der Waals surface area contributed by atoms with E-state index >= 15 is 0 Å². The van der Waals surface area contributed by atoms with Crippen LogP contribution in [0.5, 0.6) is 0 Å². The lowest BCUT2D eigenvalue weighted by Gasteiger charge is -2.56. The molecule has 25 heavy (non-hydrogen) atoms. The number of fused-ring (bicyclic) bond motifs is 1. The summed E-state index contributed by atoms with van der Waals surface area (Å²) in [5.74, 6) is 2.26. The van der Waals surface area contributed by atoms with Crippen molar-refractivity contribution in [1.82, 2.24) is 5.32 Å². The molecule has 0 bridgehead atoms. The van der Waals surface area contributed by atoms with Crippen LogP contribution in [0.3, 0.4) is 0 Å². The number of rotatable bonds is 5. The summed E-state index contributed by atoms with van der Waals surface area (Å²) >= 11 is 0. The molecule has 0 spiro atoms. The van der Waals surface area contributed by atoms with Crippen molar-refractivity contribution in [3.63, 3.8) is 0 Å². The van der Waals surface area contributed by atoms with E-state index < -0.39 is 0 Å². The van der Waals surface area contributed by atoms with Crippen molar-refractivity contribution in [1.29, 1.82) is 0 Å².